The van der Waals surface area contributed by atoms with Crippen LogP contribution in [-0.4, -0.2) is 25.4 Å². The lowest BCUT2D eigenvalue weighted by Crippen LogP contribution is -2.41. The number of aromatic nitrogens is 1. The molecule has 0 aliphatic rings. The molecule has 0 bridgehead atoms. The Labute approximate surface area is 124 Å². The van der Waals surface area contributed by atoms with Crippen LogP contribution in [0.1, 0.15) is 38.8 Å². The molecule has 1 rings (SSSR count). The first-order valence-corrected chi connectivity index (χ1v) is 7.65. The average molecular weight is 349 g/mol. The van der Waals surface area contributed by atoms with Crippen LogP contribution in [0.5, 0.6) is 0 Å². The van der Waals surface area contributed by atoms with E-state index in [4.69, 9.17) is 5.11 Å². The number of nitrogens with one attached hydrogen (secondary N) is 1. The Hall–Kier alpha value is -0.630. The summed E-state index contributed by atoms with van der Waals surface area (Å²) in [5, 5.41) is 8.96. The van der Waals surface area contributed by atoms with Gasteiger partial charge in [-0.05, 0) is 54.4 Å². The van der Waals surface area contributed by atoms with Gasteiger partial charge in [0.05, 0.1) is 12.5 Å². The van der Waals surface area contributed by atoms with Crippen LogP contribution in [0.3, 0.4) is 0 Å². The first-order valence-electron chi connectivity index (χ1n) is 5.71. The minimum Gasteiger partial charge on any atom is -0.598 e. The van der Waals surface area contributed by atoms with Crippen LogP contribution in [0.15, 0.2) is 22.9 Å². The highest BCUT2D eigenvalue weighted by atomic mass is 79.9. The van der Waals surface area contributed by atoms with Gasteiger partial charge < -0.3 is 9.66 Å². The van der Waals surface area contributed by atoms with Crippen molar-refractivity contribution in [2.24, 2.45) is 0 Å². The molecule has 0 saturated heterocycles. The summed E-state index contributed by atoms with van der Waals surface area (Å²) >= 11 is 1.90. The van der Waals surface area contributed by atoms with E-state index in [0.29, 0.717) is 4.60 Å². The highest BCUT2D eigenvalue weighted by Gasteiger charge is 2.30. The molecule has 7 heteroatoms. The molecular weight excluding hydrogens is 332 g/mol. The molecule has 0 aromatic carbocycles. The molecular formula is C12H17BrN2O3S. The van der Waals surface area contributed by atoms with Crippen molar-refractivity contribution in [3.8, 4) is 0 Å². The molecule has 1 aromatic heterocycles. The van der Waals surface area contributed by atoms with E-state index in [1.165, 1.54) is 0 Å². The largest absolute Gasteiger partial charge is 0.598 e. The first kappa shape index (κ1) is 16.4. The van der Waals surface area contributed by atoms with E-state index in [1.807, 2.05) is 20.8 Å². The zero-order valence-electron chi connectivity index (χ0n) is 11.0. The third-order valence-corrected chi connectivity index (χ3v) is 4.38. The van der Waals surface area contributed by atoms with Gasteiger partial charge in [-0.15, -0.1) is 4.72 Å². The summed E-state index contributed by atoms with van der Waals surface area (Å²) in [4.78, 5) is 14.9. The Balaban J connectivity index is 2.92. The number of hydrogen-bond donors (Lipinski definition) is 2. The quantitative estimate of drug-likeness (QED) is 0.630. The van der Waals surface area contributed by atoms with Gasteiger partial charge in [0.25, 0.3) is 0 Å². The second-order valence-electron chi connectivity index (χ2n) is 5.06. The van der Waals surface area contributed by atoms with E-state index in [1.54, 1.807) is 18.3 Å². The number of carboxylic acid groups (broad SMARTS) is 1. The Bertz CT molecular complexity index is 451. The van der Waals surface area contributed by atoms with E-state index >= 15 is 0 Å². The lowest BCUT2D eigenvalue weighted by atomic mass is 10.1. The summed E-state index contributed by atoms with van der Waals surface area (Å²) in [6.45, 7) is 5.49. The van der Waals surface area contributed by atoms with Crippen molar-refractivity contribution in [1.82, 2.24) is 9.71 Å². The number of hydrogen-bond acceptors (Lipinski definition) is 4. The number of pyridine rings is 1. The van der Waals surface area contributed by atoms with Crippen molar-refractivity contribution < 1.29 is 14.5 Å². The normalized spacial score (nSPS) is 15.0. The summed E-state index contributed by atoms with van der Waals surface area (Å²) < 4.78 is 15.1. The SMILES string of the molecule is CC(C)(C)[S+]([O-])NC(CC(=O)O)c1ccnc(Br)c1. The van der Waals surface area contributed by atoms with Crippen molar-refractivity contribution in [3.05, 3.63) is 28.5 Å². The van der Waals surface area contributed by atoms with Crippen molar-refractivity contribution >= 4 is 33.3 Å². The van der Waals surface area contributed by atoms with Gasteiger partial charge in [-0.2, -0.15) is 0 Å². The molecule has 2 atom stereocenters. The van der Waals surface area contributed by atoms with E-state index in [-0.39, 0.29) is 6.42 Å². The van der Waals surface area contributed by atoms with Crippen LogP contribution in [0.25, 0.3) is 0 Å². The van der Waals surface area contributed by atoms with E-state index in [0.717, 1.165) is 5.56 Å². The van der Waals surface area contributed by atoms with Crippen LogP contribution in [-0.2, 0) is 16.2 Å². The standard InChI is InChI=1S/C12H17BrN2O3S/c1-12(2,3)19(18)15-9(7-11(16)17)8-4-5-14-10(13)6-8/h4-6,9,15H,7H2,1-3H3,(H,16,17). The van der Waals surface area contributed by atoms with Crippen LogP contribution in [0, 0.1) is 0 Å². The summed E-state index contributed by atoms with van der Waals surface area (Å²) in [6.07, 6.45) is 1.44. The number of aliphatic carboxylic acids is 1. The van der Waals surface area contributed by atoms with E-state index in [2.05, 4.69) is 25.6 Å². The maximum Gasteiger partial charge on any atom is 0.305 e. The molecule has 0 aliphatic carbocycles. The molecule has 0 radical (unpaired) electrons. The predicted molar refractivity (Wildman–Crippen MR) is 78.0 cm³/mol. The van der Waals surface area contributed by atoms with Crippen molar-refractivity contribution in [2.75, 3.05) is 0 Å². The molecule has 106 valence electrons. The summed E-state index contributed by atoms with van der Waals surface area (Å²) in [5.74, 6) is -0.948. The zero-order chi connectivity index (χ0) is 14.6. The van der Waals surface area contributed by atoms with Gasteiger partial charge in [0.2, 0.25) is 0 Å². The Morgan fingerprint density at radius 1 is 1.63 bits per heavy atom. The molecule has 2 N–H and O–H groups in total. The molecule has 0 amide bonds. The van der Waals surface area contributed by atoms with Gasteiger partial charge in [0, 0.05) is 17.6 Å². The molecule has 0 spiro atoms. The van der Waals surface area contributed by atoms with Crippen LogP contribution < -0.4 is 4.72 Å². The lowest BCUT2D eigenvalue weighted by Gasteiger charge is -2.27. The monoisotopic (exact) mass is 348 g/mol. The molecule has 2 unspecified atom stereocenters. The topological polar surface area (TPSA) is 85.3 Å². The van der Waals surface area contributed by atoms with E-state index < -0.39 is 28.1 Å². The first-order chi connectivity index (χ1) is 8.70. The van der Waals surface area contributed by atoms with Gasteiger partial charge in [0.15, 0.2) is 0 Å². The number of carboxylic acids is 1. The summed E-state index contributed by atoms with van der Waals surface area (Å²) in [6, 6.07) is 2.92. The van der Waals surface area contributed by atoms with Crippen molar-refractivity contribution in [1.29, 1.82) is 0 Å². The minimum absolute atomic E-state index is 0.141. The van der Waals surface area contributed by atoms with E-state index in [9.17, 15) is 9.35 Å². The highest BCUT2D eigenvalue weighted by molar-refractivity contribution is 9.10. The number of nitrogens with zero attached hydrogens (tertiary/aromatic N) is 1. The molecule has 0 aliphatic heterocycles. The van der Waals surface area contributed by atoms with Gasteiger partial charge in [0.1, 0.15) is 9.35 Å². The summed E-state index contributed by atoms with van der Waals surface area (Å²) in [7, 11) is 0. The second-order valence-corrected chi connectivity index (χ2v) is 7.87. The van der Waals surface area contributed by atoms with Crippen LogP contribution >= 0.6 is 15.9 Å². The molecule has 5 nitrogen and oxygen atoms in total. The fourth-order valence-electron chi connectivity index (χ4n) is 1.34. The minimum atomic E-state index is -1.34. The third kappa shape index (κ3) is 5.48. The Morgan fingerprint density at radius 3 is 2.74 bits per heavy atom. The molecule has 19 heavy (non-hydrogen) atoms. The predicted octanol–water partition coefficient (Wildman–Crippen LogP) is 2.41. The average Bonchev–Trinajstić information content (AvgIpc) is 2.26. The summed E-state index contributed by atoms with van der Waals surface area (Å²) in [5.41, 5.74) is 0.738. The number of halogens is 1. The fraction of sp³-hybridized carbons (Fsp3) is 0.500. The van der Waals surface area contributed by atoms with Gasteiger partial charge >= 0.3 is 5.97 Å². The Kier molecular flexibility index (Phi) is 5.79. The van der Waals surface area contributed by atoms with Gasteiger partial charge in [-0.3, -0.25) is 4.79 Å². The lowest BCUT2D eigenvalue weighted by molar-refractivity contribution is -0.137. The maximum absolute atomic E-state index is 12.1. The smallest absolute Gasteiger partial charge is 0.305 e. The number of carbonyl (C=O) groups is 1. The third-order valence-electron chi connectivity index (χ3n) is 2.34. The Morgan fingerprint density at radius 2 is 2.26 bits per heavy atom. The molecule has 0 fully saturated rings. The van der Waals surface area contributed by atoms with Crippen molar-refractivity contribution in [2.45, 2.75) is 38.0 Å². The second kappa shape index (κ2) is 6.69. The number of rotatable bonds is 5. The van der Waals surface area contributed by atoms with Crippen LogP contribution in [0.4, 0.5) is 0 Å². The van der Waals surface area contributed by atoms with Crippen molar-refractivity contribution in [3.63, 3.8) is 0 Å². The fourth-order valence-corrected chi connectivity index (χ4v) is 2.56. The zero-order valence-corrected chi connectivity index (χ0v) is 13.4. The molecule has 0 saturated carbocycles. The highest BCUT2D eigenvalue weighted by Crippen LogP contribution is 2.23. The van der Waals surface area contributed by atoms with Gasteiger partial charge in [-0.25, -0.2) is 4.98 Å². The molecule has 1 aromatic rings. The maximum atomic E-state index is 12.1. The molecule has 1 heterocycles. The van der Waals surface area contributed by atoms with Crippen LogP contribution in [0.2, 0.25) is 0 Å². The van der Waals surface area contributed by atoms with Gasteiger partial charge in [-0.1, -0.05) is 0 Å².